The number of amides is 1. The van der Waals surface area contributed by atoms with E-state index >= 15 is 0 Å². The van der Waals surface area contributed by atoms with Crippen LogP contribution in [0.3, 0.4) is 0 Å². The molecule has 2 aromatic rings. The van der Waals surface area contributed by atoms with Crippen molar-refractivity contribution in [1.82, 2.24) is 14.7 Å². The molecule has 1 fully saturated rings. The Morgan fingerprint density at radius 1 is 1.19 bits per heavy atom. The first-order chi connectivity index (χ1) is 12.9. The lowest BCUT2D eigenvalue weighted by molar-refractivity contribution is -0.137. The maximum atomic E-state index is 13.1. The smallest absolute Gasteiger partial charge is 0.348 e. The average molecular weight is 381 g/mol. The predicted octanol–water partition coefficient (Wildman–Crippen LogP) is 5.15. The van der Waals surface area contributed by atoms with Gasteiger partial charge in [-0.05, 0) is 31.4 Å². The summed E-state index contributed by atoms with van der Waals surface area (Å²) in [4.78, 5) is 17.4. The first-order valence-corrected chi connectivity index (χ1v) is 9.79. The van der Waals surface area contributed by atoms with Gasteiger partial charge in [0, 0.05) is 12.2 Å². The molecule has 0 radical (unpaired) electrons. The molecule has 1 amide bonds. The lowest BCUT2D eigenvalue weighted by Crippen LogP contribution is -2.36. The van der Waals surface area contributed by atoms with Gasteiger partial charge in [0.2, 0.25) is 0 Å². The first-order valence-electron chi connectivity index (χ1n) is 9.79. The summed E-state index contributed by atoms with van der Waals surface area (Å²) in [6.07, 6.45) is 5.36. The molecule has 0 aliphatic heterocycles. The number of alkyl halides is 3. The van der Waals surface area contributed by atoms with Crippen molar-refractivity contribution in [2.75, 3.05) is 0 Å². The fourth-order valence-corrected chi connectivity index (χ4v) is 3.77. The van der Waals surface area contributed by atoms with E-state index in [2.05, 4.69) is 10.3 Å². The summed E-state index contributed by atoms with van der Waals surface area (Å²) in [7, 11) is 0. The fourth-order valence-electron chi connectivity index (χ4n) is 3.77. The summed E-state index contributed by atoms with van der Waals surface area (Å²) in [5, 5.41) is 3.06. The number of aryl methyl sites for hydroxylation is 1. The third kappa shape index (κ3) is 4.62. The minimum atomic E-state index is -4.46. The second-order valence-corrected chi connectivity index (χ2v) is 7.32. The lowest BCUT2D eigenvalue weighted by atomic mass is 9.96. The quantitative estimate of drug-likeness (QED) is 0.796. The summed E-state index contributed by atoms with van der Waals surface area (Å²) in [5.41, 5.74) is 0.380. The molecule has 0 bridgehead atoms. The number of nitrogens with one attached hydrogen (secondary N) is 1. The van der Waals surface area contributed by atoms with Gasteiger partial charge in [0.15, 0.2) is 0 Å². The summed E-state index contributed by atoms with van der Waals surface area (Å²) >= 11 is 0. The second-order valence-electron chi connectivity index (χ2n) is 7.32. The monoisotopic (exact) mass is 381 g/mol. The largest absolute Gasteiger partial charge is 0.417 e. The van der Waals surface area contributed by atoms with Crippen LogP contribution < -0.4 is 5.32 Å². The van der Waals surface area contributed by atoms with E-state index in [4.69, 9.17) is 0 Å². The molecule has 7 heteroatoms. The van der Waals surface area contributed by atoms with Crippen LogP contribution in [0.2, 0.25) is 0 Å². The Labute approximate surface area is 157 Å². The summed E-state index contributed by atoms with van der Waals surface area (Å²) < 4.78 is 40.7. The SMILES string of the molecule is CCCc1nc2ccc(C(F)(F)F)cn2c1C(=O)NC1CCCCCCC1. The van der Waals surface area contributed by atoms with Crippen molar-refractivity contribution in [2.45, 2.75) is 76.9 Å². The number of aromatic nitrogens is 2. The van der Waals surface area contributed by atoms with Crippen LogP contribution in [-0.2, 0) is 12.6 Å². The van der Waals surface area contributed by atoms with Gasteiger partial charge in [-0.15, -0.1) is 0 Å². The molecule has 0 saturated heterocycles. The van der Waals surface area contributed by atoms with E-state index in [1.807, 2.05) is 6.92 Å². The van der Waals surface area contributed by atoms with Crippen molar-refractivity contribution >= 4 is 11.6 Å². The molecular weight excluding hydrogens is 355 g/mol. The zero-order valence-electron chi connectivity index (χ0n) is 15.6. The molecule has 1 aliphatic carbocycles. The molecule has 1 aliphatic rings. The number of fused-ring (bicyclic) bond motifs is 1. The topological polar surface area (TPSA) is 46.4 Å². The highest BCUT2D eigenvalue weighted by atomic mass is 19.4. The molecule has 2 aromatic heterocycles. The first kappa shape index (κ1) is 19.7. The van der Waals surface area contributed by atoms with Crippen molar-refractivity contribution in [3.63, 3.8) is 0 Å². The van der Waals surface area contributed by atoms with Crippen molar-refractivity contribution in [3.8, 4) is 0 Å². The highest BCUT2D eigenvalue weighted by molar-refractivity contribution is 5.95. The van der Waals surface area contributed by atoms with Gasteiger partial charge in [0.05, 0.1) is 11.3 Å². The van der Waals surface area contributed by atoms with Crippen LogP contribution in [0.5, 0.6) is 0 Å². The van der Waals surface area contributed by atoms with Gasteiger partial charge in [-0.25, -0.2) is 4.98 Å². The molecule has 1 N–H and O–H groups in total. The van der Waals surface area contributed by atoms with Crippen LogP contribution in [0.15, 0.2) is 18.3 Å². The number of nitrogens with zero attached hydrogens (tertiary/aromatic N) is 2. The van der Waals surface area contributed by atoms with Gasteiger partial charge >= 0.3 is 6.18 Å². The van der Waals surface area contributed by atoms with Crippen LogP contribution in [0.4, 0.5) is 13.2 Å². The number of pyridine rings is 1. The Balaban J connectivity index is 1.94. The number of hydrogen-bond acceptors (Lipinski definition) is 2. The van der Waals surface area contributed by atoms with Crippen molar-refractivity contribution in [1.29, 1.82) is 0 Å². The number of hydrogen-bond donors (Lipinski definition) is 1. The van der Waals surface area contributed by atoms with E-state index in [1.165, 1.54) is 16.9 Å². The Kier molecular flexibility index (Phi) is 6.07. The van der Waals surface area contributed by atoms with E-state index in [9.17, 15) is 18.0 Å². The Hall–Kier alpha value is -2.05. The van der Waals surface area contributed by atoms with Crippen LogP contribution in [0.1, 0.15) is 80.0 Å². The van der Waals surface area contributed by atoms with E-state index in [-0.39, 0.29) is 17.6 Å². The predicted molar refractivity (Wildman–Crippen MR) is 97.8 cm³/mol. The number of imidazole rings is 1. The highest BCUT2D eigenvalue weighted by Gasteiger charge is 2.32. The second kappa shape index (κ2) is 8.31. The molecule has 3 rings (SSSR count). The Morgan fingerprint density at radius 2 is 1.85 bits per heavy atom. The molecule has 0 spiro atoms. The molecule has 2 heterocycles. The molecular formula is C20H26F3N3O. The molecule has 1 saturated carbocycles. The maximum Gasteiger partial charge on any atom is 0.417 e. The summed E-state index contributed by atoms with van der Waals surface area (Å²) in [6, 6.07) is 2.41. The normalized spacial score (nSPS) is 16.9. The fraction of sp³-hybridized carbons (Fsp3) is 0.600. The number of carbonyl (C=O) groups excluding carboxylic acids is 1. The number of halogens is 3. The molecule has 0 unspecified atom stereocenters. The van der Waals surface area contributed by atoms with Gasteiger partial charge in [0.25, 0.3) is 5.91 Å². The van der Waals surface area contributed by atoms with Crippen molar-refractivity contribution in [3.05, 3.63) is 35.3 Å². The third-order valence-corrected chi connectivity index (χ3v) is 5.16. The minimum Gasteiger partial charge on any atom is -0.348 e. The van der Waals surface area contributed by atoms with Crippen molar-refractivity contribution in [2.24, 2.45) is 0 Å². The highest BCUT2D eigenvalue weighted by Crippen LogP contribution is 2.30. The zero-order valence-corrected chi connectivity index (χ0v) is 15.6. The molecule has 148 valence electrons. The van der Waals surface area contributed by atoms with E-state index in [0.717, 1.165) is 57.2 Å². The molecule has 0 atom stereocenters. The lowest BCUT2D eigenvalue weighted by Gasteiger charge is -2.21. The van der Waals surface area contributed by atoms with Crippen molar-refractivity contribution < 1.29 is 18.0 Å². The third-order valence-electron chi connectivity index (χ3n) is 5.16. The van der Waals surface area contributed by atoms with Gasteiger partial charge in [0.1, 0.15) is 11.3 Å². The Bertz CT molecular complexity index is 790. The number of rotatable bonds is 4. The van der Waals surface area contributed by atoms with E-state index in [1.54, 1.807) is 0 Å². The van der Waals surface area contributed by atoms with Gasteiger partial charge < -0.3 is 5.32 Å². The summed E-state index contributed by atoms with van der Waals surface area (Å²) in [6.45, 7) is 1.96. The van der Waals surface area contributed by atoms with Crippen LogP contribution in [0, 0.1) is 0 Å². The summed E-state index contributed by atoms with van der Waals surface area (Å²) in [5.74, 6) is -0.323. The van der Waals surface area contributed by atoms with Gasteiger partial charge in [-0.3, -0.25) is 9.20 Å². The van der Waals surface area contributed by atoms with Crippen LogP contribution in [-0.4, -0.2) is 21.3 Å². The standard InChI is InChI=1S/C20H26F3N3O/c1-2-8-16-18(19(27)24-15-9-6-4-3-5-7-10-15)26-13-14(20(21,22)23)11-12-17(26)25-16/h11-13,15H,2-10H2,1H3,(H,24,27). The average Bonchev–Trinajstić information content (AvgIpc) is 2.94. The van der Waals surface area contributed by atoms with Gasteiger partial charge in [-0.1, -0.05) is 45.4 Å². The Morgan fingerprint density at radius 3 is 2.48 bits per heavy atom. The van der Waals surface area contributed by atoms with E-state index in [0.29, 0.717) is 17.8 Å². The minimum absolute atomic E-state index is 0.0728. The van der Waals surface area contributed by atoms with Crippen LogP contribution >= 0.6 is 0 Å². The molecule has 4 nitrogen and oxygen atoms in total. The van der Waals surface area contributed by atoms with E-state index < -0.39 is 11.7 Å². The van der Waals surface area contributed by atoms with Crippen LogP contribution in [0.25, 0.3) is 5.65 Å². The zero-order chi connectivity index (χ0) is 19.4. The number of carbonyl (C=O) groups is 1. The molecule has 0 aromatic carbocycles. The molecule has 27 heavy (non-hydrogen) atoms. The van der Waals surface area contributed by atoms with Gasteiger partial charge in [-0.2, -0.15) is 13.2 Å². The maximum absolute atomic E-state index is 13.1.